The Labute approximate surface area is 173 Å². The molecule has 7 nitrogen and oxygen atoms in total. The average molecular weight is 414 g/mol. The largest absolute Gasteiger partial charge is 0.492 e. The summed E-state index contributed by atoms with van der Waals surface area (Å²) in [4.78, 5) is 27.1. The molecule has 3 aliphatic rings. The van der Waals surface area contributed by atoms with Crippen LogP contribution in [-0.4, -0.2) is 43.3 Å². The van der Waals surface area contributed by atoms with Gasteiger partial charge in [-0.3, -0.25) is 4.79 Å². The van der Waals surface area contributed by atoms with E-state index in [1.165, 1.54) is 19.4 Å². The van der Waals surface area contributed by atoms with Gasteiger partial charge < -0.3 is 24.3 Å². The molecule has 2 saturated heterocycles. The van der Waals surface area contributed by atoms with Crippen molar-refractivity contribution in [1.29, 1.82) is 0 Å². The minimum absolute atomic E-state index is 0.123. The van der Waals surface area contributed by atoms with Crippen molar-refractivity contribution in [2.45, 2.75) is 37.8 Å². The van der Waals surface area contributed by atoms with Crippen molar-refractivity contribution in [2.24, 2.45) is 5.92 Å². The molecule has 2 unspecified atom stereocenters. The summed E-state index contributed by atoms with van der Waals surface area (Å²) in [6.07, 6.45) is 5.59. The third-order valence-electron chi connectivity index (χ3n) is 6.61. The maximum absolute atomic E-state index is 15.4. The molecule has 2 atom stereocenters. The highest BCUT2D eigenvalue weighted by Gasteiger charge is 2.38. The van der Waals surface area contributed by atoms with Crippen LogP contribution in [0.5, 0.6) is 5.75 Å². The van der Waals surface area contributed by atoms with Gasteiger partial charge in [-0.15, -0.1) is 0 Å². The second kappa shape index (κ2) is 7.27. The Morgan fingerprint density at radius 1 is 1.30 bits per heavy atom. The number of esters is 1. The summed E-state index contributed by atoms with van der Waals surface area (Å²) in [5, 5.41) is 3.66. The molecule has 1 N–H and O–H groups in total. The van der Waals surface area contributed by atoms with E-state index < -0.39 is 17.2 Å². The topological polar surface area (TPSA) is 72.8 Å². The Hall–Kier alpha value is -2.61. The smallest absolute Gasteiger partial charge is 0.343 e. The Morgan fingerprint density at radius 2 is 2.10 bits per heavy atom. The van der Waals surface area contributed by atoms with E-state index in [0.717, 1.165) is 38.8 Å². The fourth-order valence-electron chi connectivity index (χ4n) is 5.02. The van der Waals surface area contributed by atoms with E-state index in [1.54, 1.807) is 0 Å². The standard InChI is InChI=1S/C22H25FN3O4/c1-29-21-18-14(20(27)15(22(28)30-2)10-26(18)13-5-6-13)8-16(23)19(21)25-9-12-4-3-7-24-17(12)11-25/h8,10,12-13,17,24H,2-7,9,11H2,1H3. The summed E-state index contributed by atoms with van der Waals surface area (Å²) in [6.45, 7) is 2.43. The molecule has 0 bridgehead atoms. The monoisotopic (exact) mass is 414 g/mol. The lowest BCUT2D eigenvalue weighted by Crippen LogP contribution is -2.40. The van der Waals surface area contributed by atoms with Gasteiger partial charge in [-0.05, 0) is 44.2 Å². The number of aromatic nitrogens is 1. The summed E-state index contributed by atoms with van der Waals surface area (Å²) in [6, 6.07) is 1.71. The number of rotatable bonds is 4. The number of carbonyl (C=O) groups is 1. The Morgan fingerprint density at radius 3 is 2.77 bits per heavy atom. The van der Waals surface area contributed by atoms with Crippen LogP contribution in [0.3, 0.4) is 0 Å². The van der Waals surface area contributed by atoms with Crippen LogP contribution in [0.1, 0.15) is 42.1 Å². The lowest BCUT2D eigenvalue weighted by atomic mass is 9.94. The molecule has 0 amide bonds. The highest BCUT2D eigenvalue weighted by molar-refractivity contribution is 5.97. The summed E-state index contributed by atoms with van der Waals surface area (Å²) < 4.78 is 27.5. The van der Waals surface area contributed by atoms with Crippen LogP contribution in [0.15, 0.2) is 17.1 Å². The minimum atomic E-state index is -0.825. The Balaban J connectivity index is 1.72. The number of fused-ring (bicyclic) bond motifs is 2. The molecule has 1 radical (unpaired) electrons. The summed E-state index contributed by atoms with van der Waals surface area (Å²) in [5.74, 6) is -0.521. The van der Waals surface area contributed by atoms with Crippen LogP contribution in [-0.2, 0) is 4.74 Å². The van der Waals surface area contributed by atoms with Crippen LogP contribution in [0.4, 0.5) is 10.1 Å². The van der Waals surface area contributed by atoms with Gasteiger partial charge in [0.25, 0.3) is 0 Å². The molecule has 1 aromatic carbocycles. The SMILES string of the molecule is [CH2]OC(=O)c1cn(C2CC2)c2c(OC)c(N3CC4CCCNC4C3)c(F)cc2c1=O. The lowest BCUT2D eigenvalue weighted by Gasteiger charge is -2.25. The van der Waals surface area contributed by atoms with Gasteiger partial charge in [0.1, 0.15) is 18.4 Å². The molecule has 5 rings (SSSR count). The summed E-state index contributed by atoms with van der Waals surface area (Å²) in [5.41, 5.74) is 0.207. The highest BCUT2D eigenvalue weighted by Crippen LogP contribution is 2.45. The zero-order valence-corrected chi connectivity index (χ0v) is 16.9. The normalized spacial score (nSPS) is 23.5. The fraction of sp³-hybridized carbons (Fsp3) is 0.500. The molecule has 3 heterocycles. The molecule has 1 saturated carbocycles. The third kappa shape index (κ3) is 2.96. The van der Waals surface area contributed by atoms with Crippen molar-refractivity contribution >= 4 is 22.6 Å². The predicted octanol–water partition coefficient (Wildman–Crippen LogP) is 2.62. The number of ether oxygens (including phenoxy) is 2. The number of anilines is 1. The van der Waals surface area contributed by atoms with Gasteiger partial charge in [0.15, 0.2) is 11.6 Å². The molecule has 1 aromatic heterocycles. The van der Waals surface area contributed by atoms with Crippen LogP contribution < -0.4 is 20.4 Å². The first kappa shape index (κ1) is 19.4. The van der Waals surface area contributed by atoms with Crippen LogP contribution in [0.2, 0.25) is 0 Å². The average Bonchev–Trinajstić information content (AvgIpc) is 3.51. The predicted molar refractivity (Wildman–Crippen MR) is 110 cm³/mol. The number of hydrogen-bond donors (Lipinski definition) is 1. The molecule has 3 fully saturated rings. The number of nitrogens with one attached hydrogen (secondary N) is 1. The maximum Gasteiger partial charge on any atom is 0.343 e. The zero-order chi connectivity index (χ0) is 21.0. The number of hydrogen-bond acceptors (Lipinski definition) is 6. The van der Waals surface area contributed by atoms with Crippen molar-refractivity contribution < 1.29 is 18.7 Å². The van der Waals surface area contributed by atoms with Crippen LogP contribution in [0, 0.1) is 18.8 Å². The number of pyridine rings is 1. The van der Waals surface area contributed by atoms with E-state index in [0.29, 0.717) is 35.5 Å². The van der Waals surface area contributed by atoms with Gasteiger partial charge >= 0.3 is 5.97 Å². The first-order chi connectivity index (χ1) is 14.5. The molecular formula is C22H25FN3O4. The van der Waals surface area contributed by atoms with Crippen molar-refractivity contribution in [2.75, 3.05) is 31.6 Å². The maximum atomic E-state index is 15.4. The van der Waals surface area contributed by atoms with E-state index in [4.69, 9.17) is 4.74 Å². The number of benzene rings is 1. The van der Waals surface area contributed by atoms with E-state index in [2.05, 4.69) is 17.2 Å². The van der Waals surface area contributed by atoms with Gasteiger partial charge in [0, 0.05) is 31.4 Å². The van der Waals surface area contributed by atoms with Crippen molar-refractivity contribution in [1.82, 2.24) is 9.88 Å². The molecule has 8 heteroatoms. The molecule has 2 aromatic rings. The molecule has 30 heavy (non-hydrogen) atoms. The van der Waals surface area contributed by atoms with E-state index in [-0.39, 0.29) is 17.0 Å². The second-order valence-corrected chi connectivity index (χ2v) is 8.45. The van der Waals surface area contributed by atoms with Crippen molar-refractivity contribution in [3.63, 3.8) is 0 Å². The molecule has 159 valence electrons. The summed E-state index contributed by atoms with van der Waals surface area (Å²) >= 11 is 0. The Bertz CT molecular complexity index is 1060. The van der Waals surface area contributed by atoms with Gasteiger partial charge in [0.05, 0.1) is 18.0 Å². The zero-order valence-electron chi connectivity index (χ0n) is 16.9. The third-order valence-corrected chi connectivity index (χ3v) is 6.61. The molecule has 2 aliphatic heterocycles. The Kier molecular flexibility index (Phi) is 4.69. The van der Waals surface area contributed by atoms with Crippen molar-refractivity contribution in [3.8, 4) is 5.75 Å². The van der Waals surface area contributed by atoms with E-state index in [1.807, 2.05) is 9.47 Å². The quantitative estimate of drug-likeness (QED) is 0.776. The van der Waals surface area contributed by atoms with E-state index >= 15 is 4.39 Å². The minimum Gasteiger partial charge on any atom is -0.492 e. The van der Waals surface area contributed by atoms with Crippen molar-refractivity contribution in [3.05, 3.63) is 41.0 Å². The first-order valence-corrected chi connectivity index (χ1v) is 10.4. The molecular weight excluding hydrogens is 389 g/mol. The van der Waals surface area contributed by atoms with Crippen LogP contribution >= 0.6 is 0 Å². The van der Waals surface area contributed by atoms with E-state index in [9.17, 15) is 9.59 Å². The second-order valence-electron chi connectivity index (χ2n) is 8.45. The first-order valence-electron chi connectivity index (χ1n) is 10.4. The summed E-state index contributed by atoms with van der Waals surface area (Å²) in [7, 11) is 4.62. The highest BCUT2D eigenvalue weighted by atomic mass is 19.1. The van der Waals surface area contributed by atoms with Gasteiger partial charge in [-0.25, -0.2) is 9.18 Å². The number of halogens is 1. The van der Waals surface area contributed by atoms with Crippen LogP contribution in [0.25, 0.3) is 10.9 Å². The molecule has 1 aliphatic carbocycles. The number of nitrogens with zero attached hydrogens (tertiary/aromatic N) is 2. The number of methoxy groups -OCH3 is 1. The number of piperidine rings is 1. The fourth-order valence-corrected chi connectivity index (χ4v) is 5.02. The molecule has 0 spiro atoms. The van der Waals surface area contributed by atoms with Gasteiger partial charge in [0.2, 0.25) is 5.43 Å². The number of carbonyl (C=O) groups excluding carboxylic acids is 1. The lowest BCUT2D eigenvalue weighted by molar-refractivity contribution is 0.0652. The van der Waals surface area contributed by atoms with Gasteiger partial charge in [-0.2, -0.15) is 0 Å². The van der Waals surface area contributed by atoms with Gasteiger partial charge in [-0.1, -0.05) is 0 Å².